The minimum atomic E-state index is -0.296. The molecule has 1 N–H and O–H groups in total. The van der Waals surface area contributed by atoms with Crippen LogP contribution < -0.4 is 10.2 Å². The van der Waals surface area contributed by atoms with Gasteiger partial charge in [0.2, 0.25) is 5.91 Å². The highest BCUT2D eigenvalue weighted by Gasteiger charge is 2.28. The molecule has 1 aromatic rings. The molecule has 0 saturated carbocycles. The van der Waals surface area contributed by atoms with Crippen molar-refractivity contribution in [2.75, 3.05) is 24.2 Å². The lowest BCUT2D eigenvalue weighted by Gasteiger charge is -2.35. The topological polar surface area (TPSA) is 32.3 Å². The minimum absolute atomic E-state index is 0.0454. The Hall–Kier alpha value is -1.07. The molecule has 0 spiro atoms. The maximum atomic E-state index is 13.4. The Labute approximate surface area is 111 Å². The van der Waals surface area contributed by atoms with Gasteiger partial charge in [-0.15, -0.1) is 11.8 Å². The monoisotopic (exact) mass is 268 g/mol. The Morgan fingerprint density at radius 3 is 3.11 bits per heavy atom. The molecule has 1 aromatic carbocycles. The zero-order valence-electron chi connectivity index (χ0n) is 10.6. The van der Waals surface area contributed by atoms with E-state index < -0.39 is 0 Å². The van der Waals surface area contributed by atoms with Crippen molar-refractivity contribution in [1.29, 1.82) is 0 Å². The van der Waals surface area contributed by atoms with Crippen LogP contribution in [0.25, 0.3) is 0 Å². The summed E-state index contributed by atoms with van der Waals surface area (Å²) in [6, 6.07) is 4.75. The summed E-state index contributed by atoms with van der Waals surface area (Å²) in [4.78, 5) is 14.9. The largest absolute Gasteiger partial charge is 0.319 e. The first-order chi connectivity index (χ1) is 8.63. The number of nitrogens with zero attached hydrogens (tertiary/aromatic N) is 1. The van der Waals surface area contributed by atoms with Crippen molar-refractivity contribution in [3.8, 4) is 0 Å². The van der Waals surface area contributed by atoms with E-state index in [0.717, 1.165) is 10.6 Å². The number of thioether (sulfide) groups is 1. The van der Waals surface area contributed by atoms with Crippen molar-refractivity contribution < 1.29 is 9.18 Å². The van der Waals surface area contributed by atoms with E-state index in [0.29, 0.717) is 18.7 Å². The van der Waals surface area contributed by atoms with E-state index in [9.17, 15) is 9.18 Å². The number of hydrogen-bond donors (Lipinski definition) is 1. The second kappa shape index (κ2) is 5.71. The van der Waals surface area contributed by atoms with Gasteiger partial charge in [-0.05, 0) is 32.2 Å². The minimum Gasteiger partial charge on any atom is -0.319 e. The summed E-state index contributed by atoms with van der Waals surface area (Å²) in [6.07, 6.45) is 0.432. The molecule has 0 fully saturated rings. The van der Waals surface area contributed by atoms with Gasteiger partial charge >= 0.3 is 0 Å². The molecule has 2 rings (SSSR count). The van der Waals surface area contributed by atoms with Crippen LogP contribution in [-0.2, 0) is 4.79 Å². The third-order valence-corrected chi connectivity index (χ3v) is 4.26. The van der Waals surface area contributed by atoms with Gasteiger partial charge in [0.1, 0.15) is 5.82 Å². The summed E-state index contributed by atoms with van der Waals surface area (Å²) in [6.45, 7) is 2.64. The predicted molar refractivity (Wildman–Crippen MR) is 72.6 cm³/mol. The Kier molecular flexibility index (Phi) is 4.24. The van der Waals surface area contributed by atoms with E-state index in [-0.39, 0.29) is 17.8 Å². The molecular weight excluding hydrogens is 251 g/mol. The molecule has 18 heavy (non-hydrogen) atoms. The molecule has 5 heteroatoms. The summed E-state index contributed by atoms with van der Waals surface area (Å²) in [5, 5.41) is 2.96. The van der Waals surface area contributed by atoms with E-state index in [2.05, 4.69) is 5.32 Å². The third-order valence-electron chi connectivity index (χ3n) is 2.96. The van der Waals surface area contributed by atoms with Gasteiger partial charge in [0.25, 0.3) is 0 Å². The molecule has 98 valence electrons. The number of hydrogen-bond acceptors (Lipinski definition) is 3. The van der Waals surface area contributed by atoms with Crippen molar-refractivity contribution in [2.24, 2.45) is 0 Å². The molecular formula is C13H17FN2OS. The van der Waals surface area contributed by atoms with Crippen LogP contribution in [-0.4, -0.2) is 31.3 Å². The molecule has 0 saturated heterocycles. The fraction of sp³-hybridized carbons (Fsp3) is 0.462. The molecule has 1 aliphatic heterocycles. The maximum absolute atomic E-state index is 13.4. The first-order valence-electron chi connectivity index (χ1n) is 6.02. The van der Waals surface area contributed by atoms with E-state index in [1.54, 1.807) is 22.7 Å². The van der Waals surface area contributed by atoms with Crippen LogP contribution in [0.2, 0.25) is 0 Å². The van der Waals surface area contributed by atoms with Crippen LogP contribution in [0.1, 0.15) is 13.3 Å². The van der Waals surface area contributed by atoms with Crippen LogP contribution in [0.15, 0.2) is 23.1 Å². The molecule has 1 amide bonds. The van der Waals surface area contributed by atoms with Gasteiger partial charge in [0, 0.05) is 29.7 Å². The lowest BCUT2D eigenvalue weighted by atomic mass is 10.2. The van der Waals surface area contributed by atoms with Gasteiger partial charge in [-0.3, -0.25) is 4.79 Å². The molecule has 1 unspecified atom stereocenters. The standard InChI is InChI=1S/C13H17FN2OS/c1-9-8-18-12-4-3-10(14)7-11(12)16(9)13(17)5-6-15-2/h3-4,7,9,15H,5-6,8H2,1-2H3. The van der Waals surface area contributed by atoms with Gasteiger partial charge in [0.05, 0.1) is 5.69 Å². The summed E-state index contributed by atoms with van der Waals surface area (Å²) in [7, 11) is 1.82. The molecule has 1 atom stereocenters. The average Bonchev–Trinajstić information content (AvgIpc) is 2.35. The maximum Gasteiger partial charge on any atom is 0.228 e. The fourth-order valence-electron chi connectivity index (χ4n) is 2.06. The van der Waals surface area contributed by atoms with Crippen LogP contribution >= 0.6 is 11.8 Å². The fourth-order valence-corrected chi connectivity index (χ4v) is 3.09. The molecule has 0 aromatic heterocycles. The van der Waals surface area contributed by atoms with Gasteiger partial charge < -0.3 is 10.2 Å². The second-order valence-corrected chi connectivity index (χ2v) is 5.45. The number of fused-ring (bicyclic) bond motifs is 1. The van der Waals surface area contributed by atoms with Gasteiger partial charge in [-0.25, -0.2) is 4.39 Å². The number of amides is 1. The summed E-state index contributed by atoms with van der Waals surface area (Å²) in [5.74, 6) is 0.600. The molecule has 3 nitrogen and oxygen atoms in total. The number of benzene rings is 1. The number of nitrogens with one attached hydrogen (secondary N) is 1. The van der Waals surface area contributed by atoms with Crippen molar-refractivity contribution in [2.45, 2.75) is 24.3 Å². The van der Waals surface area contributed by atoms with Crippen LogP contribution in [0.3, 0.4) is 0 Å². The quantitative estimate of drug-likeness (QED) is 0.912. The summed E-state index contributed by atoms with van der Waals surface area (Å²) in [5.41, 5.74) is 0.708. The van der Waals surface area contributed by atoms with E-state index in [1.807, 2.05) is 14.0 Å². The summed E-state index contributed by atoms with van der Waals surface area (Å²) < 4.78 is 13.4. The molecule has 0 aliphatic carbocycles. The van der Waals surface area contributed by atoms with Crippen LogP contribution in [0.4, 0.5) is 10.1 Å². The van der Waals surface area contributed by atoms with Crippen molar-refractivity contribution in [3.05, 3.63) is 24.0 Å². The Bertz CT molecular complexity index is 453. The summed E-state index contributed by atoms with van der Waals surface area (Å²) >= 11 is 1.67. The molecule has 0 bridgehead atoms. The van der Waals surface area contributed by atoms with E-state index in [4.69, 9.17) is 0 Å². The van der Waals surface area contributed by atoms with E-state index >= 15 is 0 Å². The van der Waals surface area contributed by atoms with Crippen molar-refractivity contribution in [3.63, 3.8) is 0 Å². The van der Waals surface area contributed by atoms with Gasteiger partial charge in [-0.1, -0.05) is 0 Å². The number of carbonyl (C=O) groups excluding carboxylic acids is 1. The van der Waals surface area contributed by atoms with Crippen LogP contribution in [0, 0.1) is 5.82 Å². The second-order valence-electron chi connectivity index (χ2n) is 4.39. The van der Waals surface area contributed by atoms with Crippen molar-refractivity contribution in [1.82, 2.24) is 5.32 Å². The number of halogens is 1. The molecule has 1 heterocycles. The van der Waals surface area contributed by atoms with Crippen molar-refractivity contribution >= 4 is 23.4 Å². The Morgan fingerprint density at radius 1 is 1.61 bits per heavy atom. The Balaban J connectivity index is 2.29. The predicted octanol–water partition coefficient (Wildman–Crippen LogP) is 2.26. The zero-order chi connectivity index (χ0) is 13.1. The third kappa shape index (κ3) is 2.67. The first kappa shape index (κ1) is 13.4. The van der Waals surface area contributed by atoms with Gasteiger partial charge in [-0.2, -0.15) is 0 Å². The van der Waals surface area contributed by atoms with Gasteiger partial charge in [0.15, 0.2) is 0 Å². The smallest absolute Gasteiger partial charge is 0.228 e. The first-order valence-corrected chi connectivity index (χ1v) is 7.01. The molecule has 0 radical (unpaired) electrons. The highest BCUT2D eigenvalue weighted by molar-refractivity contribution is 7.99. The normalized spacial score (nSPS) is 18.6. The SMILES string of the molecule is CNCCC(=O)N1c2cc(F)ccc2SCC1C. The highest BCUT2D eigenvalue weighted by atomic mass is 32.2. The zero-order valence-corrected chi connectivity index (χ0v) is 11.4. The number of anilines is 1. The lowest BCUT2D eigenvalue weighted by molar-refractivity contribution is -0.118. The van der Waals surface area contributed by atoms with Crippen LogP contribution in [0.5, 0.6) is 0 Å². The molecule has 1 aliphatic rings. The Morgan fingerprint density at radius 2 is 2.39 bits per heavy atom. The lowest BCUT2D eigenvalue weighted by Crippen LogP contribution is -2.43. The van der Waals surface area contributed by atoms with E-state index in [1.165, 1.54) is 12.1 Å². The number of rotatable bonds is 3. The average molecular weight is 268 g/mol. The highest BCUT2D eigenvalue weighted by Crippen LogP contribution is 2.38. The number of carbonyl (C=O) groups is 1.